The molecule has 0 rings (SSSR count). The lowest BCUT2D eigenvalue weighted by Crippen LogP contribution is -2.21. The zero-order valence-corrected chi connectivity index (χ0v) is 6.39. The van der Waals surface area contributed by atoms with E-state index in [1.54, 1.807) is 0 Å². The summed E-state index contributed by atoms with van der Waals surface area (Å²) in [6, 6.07) is 0. The van der Waals surface area contributed by atoms with Gasteiger partial charge in [0.25, 0.3) is 0 Å². The third-order valence-electron chi connectivity index (χ3n) is 1.17. The van der Waals surface area contributed by atoms with E-state index in [1.165, 1.54) is 0 Å². The van der Waals surface area contributed by atoms with Gasteiger partial charge in [0, 0.05) is 6.42 Å². The van der Waals surface area contributed by atoms with E-state index >= 15 is 0 Å². The lowest BCUT2D eigenvalue weighted by molar-refractivity contribution is -0.125. The third kappa shape index (κ3) is 5.28. The van der Waals surface area contributed by atoms with Gasteiger partial charge in [-0.1, -0.05) is 13.8 Å². The highest BCUT2D eigenvalue weighted by atomic mass is 16.2. The SMILES string of the molecule is CC(C)CCC(=O)NC=O. The summed E-state index contributed by atoms with van der Waals surface area (Å²) in [6.45, 7) is 4.07. The number of amides is 2. The lowest BCUT2D eigenvalue weighted by atomic mass is 10.1. The van der Waals surface area contributed by atoms with E-state index in [-0.39, 0.29) is 5.91 Å². The third-order valence-corrected chi connectivity index (χ3v) is 1.17. The summed E-state index contributed by atoms with van der Waals surface area (Å²) in [5.41, 5.74) is 0. The molecule has 0 aliphatic rings. The first-order valence-electron chi connectivity index (χ1n) is 3.40. The van der Waals surface area contributed by atoms with Gasteiger partial charge < -0.3 is 0 Å². The van der Waals surface area contributed by atoms with E-state index in [9.17, 15) is 9.59 Å². The number of nitrogens with one attached hydrogen (secondary N) is 1. The molecule has 0 spiro atoms. The molecule has 3 nitrogen and oxygen atoms in total. The molecule has 1 N–H and O–H groups in total. The van der Waals surface area contributed by atoms with Crippen LogP contribution in [0.4, 0.5) is 0 Å². The normalized spacial score (nSPS) is 9.50. The molecule has 2 amide bonds. The smallest absolute Gasteiger partial charge is 0.226 e. The molecule has 0 unspecified atom stereocenters. The number of carbonyl (C=O) groups is 2. The summed E-state index contributed by atoms with van der Waals surface area (Å²) in [5, 5.41) is 2.08. The van der Waals surface area contributed by atoms with Crippen LogP contribution in [-0.4, -0.2) is 12.3 Å². The molecule has 58 valence electrons. The second-order valence-corrected chi connectivity index (χ2v) is 2.62. The van der Waals surface area contributed by atoms with Crippen molar-refractivity contribution in [2.45, 2.75) is 26.7 Å². The summed E-state index contributed by atoms with van der Waals surface area (Å²) in [7, 11) is 0. The van der Waals surface area contributed by atoms with E-state index in [0.29, 0.717) is 18.7 Å². The maximum atomic E-state index is 10.6. The summed E-state index contributed by atoms with van der Waals surface area (Å²) in [6.07, 6.45) is 1.69. The number of hydrogen-bond donors (Lipinski definition) is 1. The molecular weight excluding hydrogens is 130 g/mol. The lowest BCUT2D eigenvalue weighted by Gasteiger charge is -2.00. The number of rotatable bonds is 4. The fraction of sp³-hybridized carbons (Fsp3) is 0.714. The second kappa shape index (κ2) is 4.97. The predicted molar refractivity (Wildman–Crippen MR) is 38.3 cm³/mol. The van der Waals surface area contributed by atoms with Gasteiger partial charge in [-0.05, 0) is 12.3 Å². The van der Waals surface area contributed by atoms with E-state index in [0.717, 1.165) is 6.42 Å². The van der Waals surface area contributed by atoms with Crippen molar-refractivity contribution in [2.75, 3.05) is 0 Å². The summed E-state index contributed by atoms with van der Waals surface area (Å²) in [4.78, 5) is 20.3. The predicted octanol–water partition coefficient (Wildman–Crippen LogP) is 0.695. The van der Waals surface area contributed by atoms with Crippen LogP contribution >= 0.6 is 0 Å². The molecule has 0 bridgehead atoms. The van der Waals surface area contributed by atoms with Crippen LogP contribution in [-0.2, 0) is 9.59 Å². The minimum absolute atomic E-state index is 0.191. The zero-order chi connectivity index (χ0) is 7.98. The van der Waals surface area contributed by atoms with Gasteiger partial charge in [0.05, 0.1) is 0 Å². The molecule has 0 aromatic carbocycles. The van der Waals surface area contributed by atoms with Gasteiger partial charge in [0.2, 0.25) is 12.3 Å². The first-order chi connectivity index (χ1) is 4.66. The van der Waals surface area contributed by atoms with E-state index < -0.39 is 0 Å². The molecule has 0 fully saturated rings. The molecule has 0 atom stereocenters. The minimum atomic E-state index is -0.191. The Morgan fingerprint density at radius 1 is 1.60 bits per heavy atom. The molecule has 0 saturated heterocycles. The number of hydrogen-bond acceptors (Lipinski definition) is 2. The quantitative estimate of drug-likeness (QED) is 0.589. The summed E-state index contributed by atoms with van der Waals surface area (Å²) >= 11 is 0. The fourth-order valence-corrected chi connectivity index (χ4v) is 0.558. The van der Waals surface area contributed by atoms with Crippen molar-refractivity contribution >= 4 is 12.3 Å². The van der Waals surface area contributed by atoms with Crippen LogP contribution in [0.25, 0.3) is 0 Å². The molecule has 0 aromatic rings. The molecule has 0 heterocycles. The Morgan fingerprint density at radius 2 is 2.20 bits per heavy atom. The maximum absolute atomic E-state index is 10.6. The van der Waals surface area contributed by atoms with Crippen molar-refractivity contribution in [3.8, 4) is 0 Å². The van der Waals surface area contributed by atoms with Crippen LogP contribution in [0.15, 0.2) is 0 Å². The largest absolute Gasteiger partial charge is 0.299 e. The highest BCUT2D eigenvalue weighted by Gasteiger charge is 2.00. The van der Waals surface area contributed by atoms with Gasteiger partial charge in [-0.25, -0.2) is 0 Å². The van der Waals surface area contributed by atoms with Crippen LogP contribution in [0, 0.1) is 5.92 Å². The molecule has 0 saturated carbocycles. The molecule has 3 heteroatoms. The minimum Gasteiger partial charge on any atom is -0.299 e. The fourth-order valence-electron chi connectivity index (χ4n) is 0.558. The zero-order valence-electron chi connectivity index (χ0n) is 6.39. The Hall–Kier alpha value is -0.860. The van der Waals surface area contributed by atoms with Crippen LogP contribution in [0.2, 0.25) is 0 Å². The average Bonchev–Trinajstić information content (AvgIpc) is 1.85. The molecule has 0 aromatic heterocycles. The van der Waals surface area contributed by atoms with E-state index in [1.807, 2.05) is 13.8 Å². The highest BCUT2D eigenvalue weighted by molar-refractivity contribution is 5.85. The molecule has 0 radical (unpaired) electrons. The van der Waals surface area contributed by atoms with Crippen molar-refractivity contribution < 1.29 is 9.59 Å². The van der Waals surface area contributed by atoms with E-state index in [4.69, 9.17) is 0 Å². The van der Waals surface area contributed by atoms with E-state index in [2.05, 4.69) is 5.32 Å². The summed E-state index contributed by atoms with van der Waals surface area (Å²) < 4.78 is 0. The standard InChI is InChI=1S/C7H13NO2/c1-6(2)3-4-7(10)8-5-9/h5-6H,3-4H2,1-2H3,(H,8,9,10). The monoisotopic (exact) mass is 143 g/mol. The van der Waals surface area contributed by atoms with Gasteiger partial charge >= 0.3 is 0 Å². The van der Waals surface area contributed by atoms with Gasteiger partial charge in [-0.15, -0.1) is 0 Å². The highest BCUT2D eigenvalue weighted by Crippen LogP contribution is 2.01. The van der Waals surface area contributed by atoms with Crippen molar-refractivity contribution in [1.29, 1.82) is 0 Å². The van der Waals surface area contributed by atoms with Crippen LogP contribution < -0.4 is 5.32 Å². The van der Waals surface area contributed by atoms with Gasteiger partial charge in [-0.3, -0.25) is 14.9 Å². The van der Waals surface area contributed by atoms with Crippen LogP contribution in [0.1, 0.15) is 26.7 Å². The molecule has 0 aliphatic heterocycles. The van der Waals surface area contributed by atoms with Crippen molar-refractivity contribution in [3.63, 3.8) is 0 Å². The van der Waals surface area contributed by atoms with Crippen molar-refractivity contribution in [1.82, 2.24) is 5.32 Å². The first-order valence-corrected chi connectivity index (χ1v) is 3.40. The first kappa shape index (κ1) is 9.14. The molecule has 10 heavy (non-hydrogen) atoms. The topological polar surface area (TPSA) is 46.2 Å². The second-order valence-electron chi connectivity index (χ2n) is 2.62. The Labute approximate surface area is 60.8 Å². The Balaban J connectivity index is 3.30. The van der Waals surface area contributed by atoms with Gasteiger partial charge in [-0.2, -0.15) is 0 Å². The number of carbonyl (C=O) groups excluding carboxylic acids is 2. The van der Waals surface area contributed by atoms with Crippen molar-refractivity contribution in [2.24, 2.45) is 5.92 Å². The van der Waals surface area contributed by atoms with Crippen molar-refractivity contribution in [3.05, 3.63) is 0 Å². The van der Waals surface area contributed by atoms with Gasteiger partial charge in [0.15, 0.2) is 0 Å². The maximum Gasteiger partial charge on any atom is 0.226 e. The number of imide groups is 1. The average molecular weight is 143 g/mol. The van der Waals surface area contributed by atoms with Gasteiger partial charge in [0.1, 0.15) is 0 Å². The van der Waals surface area contributed by atoms with Crippen LogP contribution in [0.5, 0.6) is 0 Å². The Bertz CT molecular complexity index is 121. The Morgan fingerprint density at radius 3 is 2.60 bits per heavy atom. The molecule has 0 aliphatic carbocycles. The summed E-state index contributed by atoms with van der Waals surface area (Å²) in [5.74, 6) is 0.320. The van der Waals surface area contributed by atoms with Crippen LogP contribution in [0.3, 0.4) is 0 Å². The molecular formula is C7H13NO2. The Kier molecular flexibility index (Phi) is 4.54.